The summed E-state index contributed by atoms with van der Waals surface area (Å²) in [6, 6.07) is 4.47. The fraction of sp³-hybridized carbons (Fsp3) is 0.538. The summed E-state index contributed by atoms with van der Waals surface area (Å²) in [5.41, 5.74) is 6.14. The van der Waals surface area contributed by atoms with Crippen molar-refractivity contribution in [3.63, 3.8) is 0 Å². The maximum absolute atomic E-state index is 13.6. The van der Waals surface area contributed by atoms with Crippen LogP contribution < -0.4 is 10.5 Å². The SMILES string of the molecule is COCCC(C)Oc1ccc([C@@H](C)N)c(F)c1. The normalized spacial score (nSPS) is 14.4. The van der Waals surface area contributed by atoms with Gasteiger partial charge in [0, 0.05) is 37.8 Å². The summed E-state index contributed by atoms with van der Waals surface area (Å²) in [6.45, 7) is 4.30. The van der Waals surface area contributed by atoms with Gasteiger partial charge in [0.2, 0.25) is 0 Å². The molecule has 0 aliphatic heterocycles. The Morgan fingerprint density at radius 3 is 2.59 bits per heavy atom. The number of hydrogen-bond acceptors (Lipinski definition) is 3. The molecule has 0 fully saturated rings. The molecule has 0 saturated heterocycles. The minimum absolute atomic E-state index is 0.00417. The Kier molecular flexibility index (Phi) is 5.38. The van der Waals surface area contributed by atoms with Crippen molar-refractivity contribution < 1.29 is 13.9 Å². The van der Waals surface area contributed by atoms with Gasteiger partial charge in [0.05, 0.1) is 6.10 Å². The molecule has 1 rings (SSSR count). The minimum atomic E-state index is -0.323. The molecule has 0 aliphatic carbocycles. The third kappa shape index (κ3) is 4.32. The Bertz CT molecular complexity index is 355. The molecule has 1 unspecified atom stereocenters. The van der Waals surface area contributed by atoms with E-state index in [1.165, 1.54) is 6.07 Å². The third-order valence-electron chi connectivity index (χ3n) is 2.53. The third-order valence-corrected chi connectivity index (χ3v) is 2.53. The lowest BCUT2D eigenvalue weighted by Gasteiger charge is -2.15. The molecular formula is C13H20FNO2. The monoisotopic (exact) mass is 241 g/mol. The van der Waals surface area contributed by atoms with E-state index in [0.29, 0.717) is 17.9 Å². The van der Waals surface area contributed by atoms with Gasteiger partial charge in [0.1, 0.15) is 11.6 Å². The highest BCUT2D eigenvalue weighted by molar-refractivity contribution is 5.30. The van der Waals surface area contributed by atoms with Gasteiger partial charge in [-0.15, -0.1) is 0 Å². The van der Waals surface area contributed by atoms with Crippen LogP contribution in [-0.2, 0) is 4.74 Å². The van der Waals surface area contributed by atoms with Gasteiger partial charge in [-0.1, -0.05) is 6.07 Å². The van der Waals surface area contributed by atoms with Crippen molar-refractivity contribution >= 4 is 0 Å². The van der Waals surface area contributed by atoms with Crippen LogP contribution in [0.3, 0.4) is 0 Å². The Hall–Kier alpha value is -1.13. The zero-order valence-electron chi connectivity index (χ0n) is 10.6. The second-order valence-electron chi connectivity index (χ2n) is 4.18. The molecular weight excluding hydrogens is 221 g/mol. The van der Waals surface area contributed by atoms with Gasteiger partial charge < -0.3 is 15.2 Å². The van der Waals surface area contributed by atoms with Crippen LogP contribution in [-0.4, -0.2) is 19.8 Å². The van der Waals surface area contributed by atoms with Gasteiger partial charge >= 0.3 is 0 Å². The Balaban J connectivity index is 2.64. The summed E-state index contributed by atoms with van der Waals surface area (Å²) < 4.78 is 24.1. The quantitative estimate of drug-likeness (QED) is 0.832. The topological polar surface area (TPSA) is 44.5 Å². The number of methoxy groups -OCH3 is 1. The first-order chi connectivity index (χ1) is 8.04. The molecule has 3 nitrogen and oxygen atoms in total. The standard InChI is InChI=1S/C13H20FNO2/c1-9(6-7-16-3)17-11-4-5-12(10(2)15)13(14)8-11/h4-5,8-10H,6-7,15H2,1-3H3/t9?,10-/m1/s1. The van der Waals surface area contributed by atoms with E-state index in [0.717, 1.165) is 6.42 Å². The van der Waals surface area contributed by atoms with Crippen molar-refractivity contribution in [3.8, 4) is 5.75 Å². The zero-order valence-corrected chi connectivity index (χ0v) is 10.6. The number of hydrogen-bond donors (Lipinski definition) is 1. The molecule has 0 aromatic heterocycles. The van der Waals surface area contributed by atoms with Crippen LogP contribution in [0.1, 0.15) is 31.9 Å². The van der Waals surface area contributed by atoms with E-state index in [1.807, 2.05) is 6.92 Å². The lowest BCUT2D eigenvalue weighted by Crippen LogP contribution is -2.14. The summed E-state index contributed by atoms with van der Waals surface area (Å²) in [7, 11) is 1.64. The lowest BCUT2D eigenvalue weighted by molar-refractivity contribution is 0.135. The van der Waals surface area contributed by atoms with E-state index in [-0.39, 0.29) is 18.0 Å². The molecule has 0 aliphatic rings. The van der Waals surface area contributed by atoms with Crippen molar-refractivity contribution in [2.24, 2.45) is 5.73 Å². The van der Waals surface area contributed by atoms with E-state index < -0.39 is 0 Å². The van der Waals surface area contributed by atoms with Crippen LogP contribution in [0.4, 0.5) is 4.39 Å². The highest BCUT2D eigenvalue weighted by atomic mass is 19.1. The number of halogens is 1. The highest BCUT2D eigenvalue weighted by Gasteiger charge is 2.10. The van der Waals surface area contributed by atoms with Crippen LogP contribution >= 0.6 is 0 Å². The van der Waals surface area contributed by atoms with Crippen molar-refractivity contribution in [1.29, 1.82) is 0 Å². The molecule has 1 aromatic carbocycles. The van der Waals surface area contributed by atoms with Crippen molar-refractivity contribution in [2.75, 3.05) is 13.7 Å². The average molecular weight is 241 g/mol. The van der Waals surface area contributed by atoms with E-state index >= 15 is 0 Å². The first-order valence-electron chi connectivity index (χ1n) is 5.75. The number of nitrogens with two attached hydrogens (primary N) is 1. The molecule has 1 aromatic rings. The predicted octanol–water partition coefficient (Wildman–Crippen LogP) is 2.65. The smallest absolute Gasteiger partial charge is 0.131 e. The number of rotatable bonds is 6. The van der Waals surface area contributed by atoms with Gasteiger partial charge in [-0.05, 0) is 19.9 Å². The first kappa shape index (κ1) is 13.9. The Morgan fingerprint density at radius 1 is 1.35 bits per heavy atom. The summed E-state index contributed by atoms with van der Waals surface area (Å²) >= 11 is 0. The fourth-order valence-electron chi connectivity index (χ4n) is 1.53. The molecule has 17 heavy (non-hydrogen) atoms. The van der Waals surface area contributed by atoms with Gasteiger partial charge in [-0.2, -0.15) is 0 Å². The lowest BCUT2D eigenvalue weighted by atomic mass is 10.1. The summed E-state index contributed by atoms with van der Waals surface area (Å²) in [5, 5.41) is 0. The van der Waals surface area contributed by atoms with Crippen LogP contribution in [0.2, 0.25) is 0 Å². The van der Waals surface area contributed by atoms with Gasteiger partial charge in [-0.3, -0.25) is 0 Å². The summed E-state index contributed by atoms with van der Waals surface area (Å²) in [6.07, 6.45) is 0.767. The molecule has 0 radical (unpaired) electrons. The summed E-state index contributed by atoms with van der Waals surface area (Å²) in [4.78, 5) is 0. The van der Waals surface area contributed by atoms with Crippen molar-refractivity contribution in [2.45, 2.75) is 32.4 Å². The van der Waals surface area contributed by atoms with E-state index in [2.05, 4.69) is 0 Å². The molecule has 96 valence electrons. The second kappa shape index (κ2) is 6.57. The molecule has 0 saturated carbocycles. The van der Waals surface area contributed by atoms with Crippen LogP contribution in [0.15, 0.2) is 18.2 Å². The van der Waals surface area contributed by atoms with Crippen LogP contribution in [0.5, 0.6) is 5.75 Å². The fourth-order valence-corrected chi connectivity index (χ4v) is 1.53. The molecule has 0 spiro atoms. The van der Waals surface area contributed by atoms with Crippen molar-refractivity contribution in [3.05, 3.63) is 29.6 Å². The molecule has 2 atom stereocenters. The number of ether oxygens (including phenoxy) is 2. The van der Waals surface area contributed by atoms with E-state index in [4.69, 9.17) is 15.2 Å². The Morgan fingerprint density at radius 2 is 2.06 bits per heavy atom. The van der Waals surface area contributed by atoms with E-state index in [9.17, 15) is 4.39 Å². The highest BCUT2D eigenvalue weighted by Crippen LogP contribution is 2.21. The minimum Gasteiger partial charge on any atom is -0.491 e. The second-order valence-corrected chi connectivity index (χ2v) is 4.18. The van der Waals surface area contributed by atoms with Gasteiger partial charge in [-0.25, -0.2) is 4.39 Å². The molecule has 0 bridgehead atoms. The molecule has 2 N–H and O–H groups in total. The van der Waals surface area contributed by atoms with E-state index in [1.54, 1.807) is 26.2 Å². The van der Waals surface area contributed by atoms with Gasteiger partial charge in [0.25, 0.3) is 0 Å². The maximum atomic E-state index is 13.6. The molecule has 0 amide bonds. The van der Waals surface area contributed by atoms with Crippen LogP contribution in [0, 0.1) is 5.82 Å². The maximum Gasteiger partial charge on any atom is 0.131 e. The van der Waals surface area contributed by atoms with Crippen molar-refractivity contribution in [1.82, 2.24) is 0 Å². The number of benzene rings is 1. The first-order valence-corrected chi connectivity index (χ1v) is 5.75. The molecule has 0 heterocycles. The summed E-state index contributed by atoms with van der Waals surface area (Å²) in [5.74, 6) is 0.201. The largest absolute Gasteiger partial charge is 0.491 e. The average Bonchev–Trinajstić information content (AvgIpc) is 2.26. The Labute approximate surface area is 102 Å². The van der Waals surface area contributed by atoms with Gasteiger partial charge in [0.15, 0.2) is 0 Å². The van der Waals surface area contributed by atoms with Crippen LogP contribution in [0.25, 0.3) is 0 Å². The molecule has 4 heteroatoms. The zero-order chi connectivity index (χ0) is 12.8. The predicted molar refractivity (Wildman–Crippen MR) is 65.6 cm³/mol.